The number of rotatable bonds is 3. The van der Waals surface area contributed by atoms with Crippen LogP contribution < -0.4 is 0 Å². The van der Waals surface area contributed by atoms with Gasteiger partial charge >= 0.3 is 15.5 Å². The summed E-state index contributed by atoms with van der Waals surface area (Å²) in [5.41, 5.74) is 7.01. The van der Waals surface area contributed by atoms with E-state index in [0.29, 0.717) is 0 Å². The van der Waals surface area contributed by atoms with E-state index < -0.39 is 20.4 Å². The van der Waals surface area contributed by atoms with Gasteiger partial charge in [-0.25, -0.2) is 0 Å². The molecule has 0 heterocycles. The van der Waals surface area contributed by atoms with Crippen LogP contribution in [0.15, 0.2) is 30.3 Å². The SMILES string of the molecule is C=[N+]=[N-].O=[N+]([O-])C(c1ccccc1)S(=O)(=O)O. The Morgan fingerprint density at radius 1 is 1.41 bits per heavy atom. The van der Waals surface area contributed by atoms with Crippen LogP contribution in [0.4, 0.5) is 0 Å². The molecule has 1 aromatic rings. The van der Waals surface area contributed by atoms with Gasteiger partial charge < -0.3 is 5.53 Å². The van der Waals surface area contributed by atoms with E-state index in [1.54, 1.807) is 6.07 Å². The van der Waals surface area contributed by atoms with Gasteiger partial charge in [-0.05, 0) is 0 Å². The zero-order chi connectivity index (χ0) is 13.5. The van der Waals surface area contributed by atoms with Crippen LogP contribution in [0.1, 0.15) is 10.9 Å². The van der Waals surface area contributed by atoms with Gasteiger partial charge in [0.15, 0.2) is 0 Å². The summed E-state index contributed by atoms with van der Waals surface area (Å²) < 4.78 is 30.0. The molecular formula is C8H9N3O5S. The second-order valence-electron chi connectivity index (χ2n) is 2.70. The molecule has 0 aromatic heterocycles. The molecule has 9 heteroatoms. The predicted octanol–water partition coefficient (Wildman–Crippen LogP) is 0.766. The molecule has 0 radical (unpaired) electrons. The van der Waals surface area contributed by atoms with Crippen molar-refractivity contribution < 1.29 is 22.7 Å². The van der Waals surface area contributed by atoms with Crippen molar-refractivity contribution in [1.29, 1.82) is 0 Å². The second kappa shape index (κ2) is 6.48. The smallest absolute Gasteiger partial charge is 0.359 e. The largest absolute Gasteiger partial charge is 0.362 e. The van der Waals surface area contributed by atoms with E-state index in [9.17, 15) is 18.5 Å². The highest BCUT2D eigenvalue weighted by molar-refractivity contribution is 7.85. The summed E-state index contributed by atoms with van der Waals surface area (Å²) >= 11 is 0. The van der Waals surface area contributed by atoms with Crippen molar-refractivity contribution in [1.82, 2.24) is 0 Å². The molecule has 0 aliphatic heterocycles. The number of benzene rings is 1. The van der Waals surface area contributed by atoms with Crippen LogP contribution in [-0.2, 0) is 10.1 Å². The van der Waals surface area contributed by atoms with Crippen LogP contribution in [0.5, 0.6) is 0 Å². The Bertz CT molecular complexity index is 507. The van der Waals surface area contributed by atoms with Gasteiger partial charge in [-0.15, -0.1) is 0 Å². The van der Waals surface area contributed by atoms with Crippen molar-refractivity contribution in [2.24, 2.45) is 0 Å². The molecule has 1 N–H and O–H groups in total. The van der Waals surface area contributed by atoms with Gasteiger partial charge in [0, 0.05) is 10.5 Å². The van der Waals surface area contributed by atoms with E-state index in [1.807, 2.05) is 0 Å². The van der Waals surface area contributed by atoms with E-state index in [1.165, 1.54) is 24.3 Å². The van der Waals surface area contributed by atoms with Gasteiger partial charge in [0.1, 0.15) is 0 Å². The van der Waals surface area contributed by atoms with E-state index in [4.69, 9.17) is 10.1 Å². The monoisotopic (exact) mass is 259 g/mol. The second-order valence-corrected chi connectivity index (χ2v) is 4.18. The molecule has 0 fully saturated rings. The fourth-order valence-corrected chi connectivity index (χ4v) is 1.74. The molecule has 17 heavy (non-hydrogen) atoms. The lowest BCUT2D eigenvalue weighted by atomic mass is 10.2. The Morgan fingerprint density at radius 3 is 2.12 bits per heavy atom. The van der Waals surface area contributed by atoms with E-state index in [2.05, 4.69) is 11.5 Å². The maximum Gasteiger partial charge on any atom is 0.359 e. The lowest BCUT2D eigenvalue weighted by Crippen LogP contribution is -2.20. The summed E-state index contributed by atoms with van der Waals surface area (Å²) in [4.78, 5) is 11.6. The van der Waals surface area contributed by atoms with Crippen molar-refractivity contribution >= 4 is 16.8 Å². The van der Waals surface area contributed by atoms with Crippen molar-refractivity contribution in [2.75, 3.05) is 0 Å². The van der Waals surface area contributed by atoms with Crippen molar-refractivity contribution in [3.05, 3.63) is 51.5 Å². The average molecular weight is 259 g/mol. The zero-order valence-electron chi connectivity index (χ0n) is 8.50. The Morgan fingerprint density at radius 2 is 1.82 bits per heavy atom. The van der Waals surface area contributed by atoms with Gasteiger partial charge in [0.2, 0.25) is 6.72 Å². The first-order valence-electron chi connectivity index (χ1n) is 4.09. The molecular weight excluding hydrogens is 250 g/mol. The van der Waals surface area contributed by atoms with E-state index in [0.717, 1.165) is 0 Å². The molecule has 0 aliphatic carbocycles. The van der Waals surface area contributed by atoms with Crippen LogP contribution >= 0.6 is 0 Å². The molecule has 0 amide bonds. The first kappa shape index (κ1) is 14.9. The minimum atomic E-state index is -4.72. The summed E-state index contributed by atoms with van der Waals surface area (Å²) in [5.74, 6) is 0. The van der Waals surface area contributed by atoms with Gasteiger partial charge in [0.25, 0.3) is 0 Å². The lowest BCUT2D eigenvalue weighted by molar-refractivity contribution is -0.503. The Balaban J connectivity index is 0.000000770. The molecule has 0 spiro atoms. The average Bonchev–Trinajstić information content (AvgIpc) is 2.17. The van der Waals surface area contributed by atoms with Gasteiger partial charge in [-0.3, -0.25) is 14.7 Å². The number of nitro groups is 1. The summed E-state index contributed by atoms with van der Waals surface area (Å²) in [5, 5.41) is 8.31. The minimum absolute atomic E-state index is 0.0694. The normalized spacial score (nSPS) is 11.6. The lowest BCUT2D eigenvalue weighted by Gasteiger charge is -2.05. The van der Waals surface area contributed by atoms with Gasteiger partial charge in [-0.1, -0.05) is 30.3 Å². The Hall–Kier alpha value is -2.09. The van der Waals surface area contributed by atoms with Crippen molar-refractivity contribution in [2.45, 2.75) is 5.37 Å². The summed E-state index contributed by atoms with van der Waals surface area (Å²) in [6.07, 6.45) is 0. The van der Waals surface area contributed by atoms with E-state index >= 15 is 0 Å². The zero-order valence-corrected chi connectivity index (χ0v) is 9.32. The predicted molar refractivity (Wildman–Crippen MR) is 58.5 cm³/mol. The topological polar surface area (TPSA) is 134 Å². The number of hydrogen-bond acceptors (Lipinski definition) is 4. The maximum atomic E-state index is 10.7. The van der Waals surface area contributed by atoms with Crippen LogP contribution in [-0.4, -0.2) is 29.4 Å². The highest BCUT2D eigenvalue weighted by Gasteiger charge is 2.36. The molecule has 1 aromatic carbocycles. The molecule has 0 aliphatic rings. The Labute approximate surface area is 97.0 Å². The van der Waals surface area contributed by atoms with Crippen LogP contribution in [0.3, 0.4) is 0 Å². The molecule has 0 saturated carbocycles. The van der Waals surface area contributed by atoms with E-state index in [-0.39, 0.29) is 5.56 Å². The van der Waals surface area contributed by atoms with Gasteiger partial charge in [0.05, 0.1) is 0 Å². The quantitative estimate of drug-likeness (QED) is 0.213. The third-order valence-corrected chi connectivity index (χ3v) is 2.57. The standard InChI is InChI=1S/C7H7NO5S.CH2N2/c9-8(10)7(14(11,12)13)6-4-2-1-3-5-6;1-3-2/h1-5,7H,(H,11,12,13);1H2. The first-order valence-corrected chi connectivity index (χ1v) is 5.59. The molecule has 1 unspecified atom stereocenters. The first-order chi connectivity index (χ1) is 7.84. The summed E-state index contributed by atoms with van der Waals surface area (Å²) in [6, 6.07) is 7.03. The molecule has 1 atom stereocenters. The number of hydrogen-bond donors (Lipinski definition) is 1. The maximum absolute atomic E-state index is 10.7. The third kappa shape index (κ3) is 4.98. The number of nitrogens with zero attached hydrogens (tertiary/aromatic N) is 3. The van der Waals surface area contributed by atoms with Crippen LogP contribution in [0.25, 0.3) is 5.53 Å². The Kier molecular flexibility index (Phi) is 5.69. The van der Waals surface area contributed by atoms with Gasteiger partial charge in [-0.2, -0.15) is 13.2 Å². The fourth-order valence-electron chi connectivity index (χ4n) is 1.02. The summed E-state index contributed by atoms with van der Waals surface area (Å²) in [6.45, 7) is 2.67. The minimum Gasteiger partial charge on any atom is -0.362 e. The molecule has 0 saturated heterocycles. The summed E-state index contributed by atoms with van der Waals surface area (Å²) in [7, 11) is -4.72. The highest BCUT2D eigenvalue weighted by atomic mass is 32.2. The van der Waals surface area contributed by atoms with Crippen LogP contribution in [0.2, 0.25) is 0 Å². The third-order valence-electron chi connectivity index (χ3n) is 1.56. The van der Waals surface area contributed by atoms with Crippen LogP contribution in [0, 0.1) is 10.1 Å². The molecule has 0 bridgehead atoms. The highest BCUT2D eigenvalue weighted by Crippen LogP contribution is 2.21. The van der Waals surface area contributed by atoms with Crippen molar-refractivity contribution in [3.63, 3.8) is 0 Å². The fraction of sp³-hybridized carbons (Fsp3) is 0.125. The molecule has 8 nitrogen and oxygen atoms in total. The molecule has 1 rings (SSSR count). The molecule has 92 valence electrons. The van der Waals surface area contributed by atoms with Crippen molar-refractivity contribution in [3.8, 4) is 0 Å².